The van der Waals surface area contributed by atoms with Crippen molar-refractivity contribution in [3.8, 4) is 28.2 Å². The Kier molecular flexibility index (Phi) is 5.90. The Morgan fingerprint density at radius 3 is 2.36 bits per heavy atom. The van der Waals surface area contributed by atoms with Crippen molar-refractivity contribution < 1.29 is 13.5 Å². The van der Waals surface area contributed by atoms with Crippen LogP contribution in [0.25, 0.3) is 28.2 Å². The van der Waals surface area contributed by atoms with Crippen LogP contribution in [0.5, 0.6) is 0 Å². The average Bonchev–Trinajstić information content (AvgIpc) is 3.19. The highest BCUT2D eigenvalue weighted by atomic mass is 35.5. The SMILES string of the molecule is Cc1cc(-c2cccc(S(C)(=O)=O)c2)cnc1-n1nc(C(C)(C)O)cc1-c1ccccc1Cl. The number of aryl methyl sites for hydroxylation is 1. The van der Waals surface area contributed by atoms with Crippen LogP contribution in [0.3, 0.4) is 0 Å². The molecule has 0 unspecified atom stereocenters. The predicted molar refractivity (Wildman–Crippen MR) is 130 cm³/mol. The molecule has 0 amide bonds. The number of halogens is 1. The second-order valence-electron chi connectivity index (χ2n) is 8.53. The van der Waals surface area contributed by atoms with E-state index in [2.05, 4.69) is 10.1 Å². The molecule has 4 rings (SSSR count). The van der Waals surface area contributed by atoms with Crippen LogP contribution in [0.4, 0.5) is 0 Å². The molecule has 0 saturated carbocycles. The van der Waals surface area contributed by atoms with Gasteiger partial charge in [-0.25, -0.2) is 18.1 Å². The van der Waals surface area contributed by atoms with Gasteiger partial charge in [-0.3, -0.25) is 0 Å². The predicted octanol–water partition coefficient (Wildman–Crippen LogP) is 5.19. The quantitative estimate of drug-likeness (QED) is 0.423. The highest BCUT2D eigenvalue weighted by Gasteiger charge is 2.25. The van der Waals surface area contributed by atoms with E-state index in [9.17, 15) is 13.5 Å². The van der Waals surface area contributed by atoms with Gasteiger partial charge in [0.15, 0.2) is 15.7 Å². The number of nitrogens with zero attached hydrogens (tertiary/aromatic N) is 3. The van der Waals surface area contributed by atoms with Gasteiger partial charge in [-0.2, -0.15) is 5.10 Å². The summed E-state index contributed by atoms with van der Waals surface area (Å²) in [6.45, 7) is 5.26. The monoisotopic (exact) mass is 481 g/mol. The maximum atomic E-state index is 11.9. The molecule has 0 aliphatic rings. The van der Waals surface area contributed by atoms with Crippen molar-refractivity contribution in [1.82, 2.24) is 14.8 Å². The topological polar surface area (TPSA) is 85.1 Å². The van der Waals surface area contributed by atoms with Crippen molar-refractivity contribution in [3.63, 3.8) is 0 Å². The minimum absolute atomic E-state index is 0.254. The van der Waals surface area contributed by atoms with Gasteiger partial charge in [-0.1, -0.05) is 41.9 Å². The summed E-state index contributed by atoms with van der Waals surface area (Å²) in [6, 6.07) is 18.0. The number of aromatic nitrogens is 3. The summed E-state index contributed by atoms with van der Waals surface area (Å²) in [4.78, 5) is 4.91. The minimum atomic E-state index is -3.32. The molecule has 1 N–H and O–H groups in total. The van der Waals surface area contributed by atoms with Gasteiger partial charge in [-0.15, -0.1) is 0 Å². The smallest absolute Gasteiger partial charge is 0.175 e. The lowest BCUT2D eigenvalue weighted by Crippen LogP contribution is -2.17. The molecule has 0 aliphatic heterocycles. The molecule has 2 heterocycles. The van der Waals surface area contributed by atoms with E-state index < -0.39 is 15.4 Å². The Morgan fingerprint density at radius 1 is 1.00 bits per heavy atom. The number of benzene rings is 2. The summed E-state index contributed by atoms with van der Waals surface area (Å²) in [5, 5.41) is 15.8. The van der Waals surface area contributed by atoms with Crippen molar-refractivity contribution in [2.45, 2.75) is 31.3 Å². The van der Waals surface area contributed by atoms with Gasteiger partial charge in [0.1, 0.15) is 5.60 Å². The number of rotatable bonds is 5. The van der Waals surface area contributed by atoms with E-state index in [1.807, 2.05) is 43.3 Å². The lowest BCUT2D eigenvalue weighted by Gasteiger charge is -2.14. The van der Waals surface area contributed by atoms with Gasteiger partial charge < -0.3 is 5.11 Å². The number of sulfone groups is 1. The highest BCUT2D eigenvalue weighted by molar-refractivity contribution is 7.90. The van der Waals surface area contributed by atoms with Gasteiger partial charge in [0, 0.05) is 28.6 Å². The molecule has 0 aliphatic carbocycles. The highest BCUT2D eigenvalue weighted by Crippen LogP contribution is 2.33. The molecule has 170 valence electrons. The van der Waals surface area contributed by atoms with Crippen molar-refractivity contribution in [2.24, 2.45) is 0 Å². The Labute approximate surface area is 198 Å². The Morgan fingerprint density at radius 2 is 1.73 bits per heavy atom. The standard InChI is InChI=1S/C25H24ClN3O3S/c1-16-12-18(17-8-7-9-19(13-17)33(4,31)32)15-27-24(16)29-22(14-23(28-29)25(2,3)30)20-10-5-6-11-21(20)26/h5-15,30H,1-4H3. The van der Waals surface area contributed by atoms with E-state index in [0.29, 0.717) is 22.2 Å². The van der Waals surface area contributed by atoms with Crippen LogP contribution < -0.4 is 0 Å². The van der Waals surface area contributed by atoms with Crippen LogP contribution in [0.1, 0.15) is 25.1 Å². The molecule has 8 heteroatoms. The van der Waals surface area contributed by atoms with Crippen LogP contribution in [0, 0.1) is 6.92 Å². The first-order chi connectivity index (χ1) is 15.4. The Hall–Kier alpha value is -3.00. The molecule has 2 aromatic carbocycles. The zero-order chi connectivity index (χ0) is 24.0. The zero-order valence-electron chi connectivity index (χ0n) is 18.7. The lowest BCUT2D eigenvalue weighted by molar-refractivity contribution is 0.0734. The first kappa shape index (κ1) is 23.2. The van der Waals surface area contributed by atoms with E-state index >= 15 is 0 Å². The maximum Gasteiger partial charge on any atom is 0.175 e. The maximum absolute atomic E-state index is 11.9. The largest absolute Gasteiger partial charge is 0.384 e. The fourth-order valence-corrected chi connectivity index (χ4v) is 4.46. The van der Waals surface area contributed by atoms with Gasteiger partial charge in [0.25, 0.3) is 0 Å². The third-order valence-corrected chi connectivity index (χ3v) is 6.77. The normalized spacial score (nSPS) is 12.2. The first-order valence-electron chi connectivity index (χ1n) is 10.3. The van der Waals surface area contributed by atoms with Crippen LogP contribution >= 0.6 is 11.6 Å². The molecule has 4 aromatic rings. The van der Waals surface area contributed by atoms with Gasteiger partial charge in [-0.05, 0) is 62.2 Å². The molecule has 0 radical (unpaired) electrons. The molecular weight excluding hydrogens is 458 g/mol. The number of pyridine rings is 1. The van der Waals surface area contributed by atoms with Crippen molar-refractivity contribution >= 4 is 21.4 Å². The second kappa shape index (κ2) is 8.41. The molecule has 0 fully saturated rings. The van der Waals surface area contributed by atoms with Crippen LogP contribution in [0.15, 0.2) is 71.8 Å². The number of hydrogen-bond donors (Lipinski definition) is 1. The van der Waals surface area contributed by atoms with Crippen LogP contribution in [0.2, 0.25) is 5.02 Å². The molecule has 33 heavy (non-hydrogen) atoms. The van der Waals surface area contributed by atoms with Gasteiger partial charge in [0.2, 0.25) is 0 Å². The third kappa shape index (κ3) is 4.71. The van der Waals surface area contributed by atoms with E-state index in [1.54, 1.807) is 49.0 Å². The van der Waals surface area contributed by atoms with Crippen molar-refractivity contribution in [2.75, 3.05) is 6.26 Å². The summed E-state index contributed by atoms with van der Waals surface area (Å²) in [6.07, 6.45) is 2.87. The molecule has 0 saturated heterocycles. The molecule has 0 spiro atoms. The van der Waals surface area contributed by atoms with E-state index in [-0.39, 0.29) is 4.90 Å². The van der Waals surface area contributed by atoms with E-state index in [0.717, 1.165) is 22.3 Å². The molecule has 0 bridgehead atoms. The Balaban J connectivity index is 1.86. The summed E-state index contributed by atoms with van der Waals surface area (Å²) in [7, 11) is -3.32. The average molecular weight is 482 g/mol. The minimum Gasteiger partial charge on any atom is -0.384 e. The molecule has 0 atom stereocenters. The molecular formula is C25H24ClN3O3S. The van der Waals surface area contributed by atoms with Gasteiger partial charge in [0.05, 0.1) is 16.3 Å². The zero-order valence-corrected chi connectivity index (χ0v) is 20.3. The molecule has 6 nitrogen and oxygen atoms in total. The summed E-state index contributed by atoms with van der Waals surface area (Å²) in [5.41, 5.74) is 3.19. The lowest BCUT2D eigenvalue weighted by atomic mass is 10.0. The van der Waals surface area contributed by atoms with Crippen molar-refractivity contribution in [1.29, 1.82) is 0 Å². The number of hydrogen-bond acceptors (Lipinski definition) is 5. The van der Waals surface area contributed by atoms with Gasteiger partial charge >= 0.3 is 0 Å². The molecule has 2 aromatic heterocycles. The summed E-state index contributed by atoms with van der Waals surface area (Å²) >= 11 is 6.47. The third-order valence-electron chi connectivity index (χ3n) is 5.33. The first-order valence-corrected chi connectivity index (χ1v) is 12.6. The summed E-state index contributed by atoms with van der Waals surface area (Å²) < 4.78 is 25.6. The van der Waals surface area contributed by atoms with Crippen LogP contribution in [-0.2, 0) is 15.4 Å². The van der Waals surface area contributed by atoms with Crippen LogP contribution in [-0.4, -0.2) is 34.5 Å². The number of aliphatic hydroxyl groups is 1. The second-order valence-corrected chi connectivity index (χ2v) is 11.0. The fraction of sp³-hybridized carbons (Fsp3) is 0.200. The van der Waals surface area contributed by atoms with E-state index in [1.165, 1.54) is 6.26 Å². The summed E-state index contributed by atoms with van der Waals surface area (Å²) in [5.74, 6) is 0.587. The fourth-order valence-electron chi connectivity index (χ4n) is 3.56. The van der Waals surface area contributed by atoms with E-state index in [4.69, 9.17) is 11.6 Å². The van der Waals surface area contributed by atoms with Crippen molar-refractivity contribution in [3.05, 3.63) is 83.1 Å². The Bertz CT molecular complexity index is 1450.